The molecule has 29 heavy (non-hydrogen) atoms. The molecule has 0 aliphatic heterocycles. The van der Waals surface area contributed by atoms with E-state index in [0.717, 1.165) is 0 Å². The van der Waals surface area contributed by atoms with Gasteiger partial charge in [-0.1, -0.05) is 25.1 Å². The van der Waals surface area contributed by atoms with Gasteiger partial charge in [0.05, 0.1) is 10.6 Å². The van der Waals surface area contributed by atoms with Crippen LogP contribution in [0.2, 0.25) is 0 Å². The smallest absolute Gasteiger partial charge is 0.244 e. The highest BCUT2D eigenvalue weighted by Gasteiger charge is 2.11. The molecule has 1 amide bonds. The van der Waals surface area contributed by atoms with Crippen LogP contribution in [-0.4, -0.2) is 34.0 Å². The second kappa shape index (κ2) is 10.4. The summed E-state index contributed by atoms with van der Waals surface area (Å²) in [5, 5.41) is 14.5. The fraction of sp³-hybridized carbons (Fsp3) is 0.200. The number of rotatable bonds is 9. The Hall–Kier alpha value is -3.22. The summed E-state index contributed by atoms with van der Waals surface area (Å²) in [5.74, 6) is -0.940. The molecule has 0 aliphatic rings. The number of carbonyl (C=O) groups is 1. The van der Waals surface area contributed by atoms with Gasteiger partial charge in [0.1, 0.15) is 17.4 Å². The van der Waals surface area contributed by atoms with Crippen molar-refractivity contribution in [1.82, 2.24) is 10.0 Å². The Kier molecular flexibility index (Phi) is 7.88. The molecule has 0 atom stereocenters. The molecule has 9 heteroatoms. The maximum absolute atomic E-state index is 13.5. The van der Waals surface area contributed by atoms with Gasteiger partial charge in [0.2, 0.25) is 15.9 Å². The van der Waals surface area contributed by atoms with Crippen molar-refractivity contribution in [3.8, 4) is 6.07 Å². The summed E-state index contributed by atoms with van der Waals surface area (Å²) in [6, 6.07) is 12.2. The zero-order valence-electron chi connectivity index (χ0n) is 15.8. The van der Waals surface area contributed by atoms with Gasteiger partial charge in [-0.2, -0.15) is 5.26 Å². The molecule has 0 radical (unpaired) electrons. The van der Waals surface area contributed by atoms with E-state index in [4.69, 9.17) is 5.26 Å². The maximum atomic E-state index is 13.5. The number of nitrogens with one attached hydrogen (secondary N) is 3. The van der Waals surface area contributed by atoms with Crippen LogP contribution in [0, 0.1) is 17.1 Å². The number of nitriles is 1. The average Bonchev–Trinajstić information content (AvgIpc) is 2.70. The monoisotopic (exact) mass is 416 g/mol. The van der Waals surface area contributed by atoms with E-state index in [1.54, 1.807) is 37.3 Å². The first-order valence-electron chi connectivity index (χ1n) is 8.85. The largest absolute Gasteiger partial charge is 0.382 e. The molecule has 2 aromatic carbocycles. The van der Waals surface area contributed by atoms with Crippen molar-refractivity contribution in [3.05, 3.63) is 65.5 Å². The van der Waals surface area contributed by atoms with E-state index in [9.17, 15) is 17.6 Å². The van der Waals surface area contributed by atoms with E-state index in [1.807, 2.05) is 0 Å². The molecule has 2 rings (SSSR count). The highest BCUT2D eigenvalue weighted by atomic mass is 32.2. The Labute approximate surface area is 169 Å². The standard InChI is InChI=1S/C20H21FN4O3S/c1-2-25-29(27,28)16-9-6-15(7-10-16)8-11-20(26)24-13-12-23-19-5-3-4-18(21)17(19)14-22/h3-11,23,25H,2,12-13H2,1H3,(H,24,26). The van der Waals surface area contributed by atoms with Crippen molar-refractivity contribution in [2.75, 3.05) is 25.0 Å². The van der Waals surface area contributed by atoms with Crippen molar-refractivity contribution in [1.29, 1.82) is 5.26 Å². The first-order valence-corrected chi connectivity index (χ1v) is 10.3. The molecule has 0 aliphatic carbocycles. The van der Waals surface area contributed by atoms with Gasteiger partial charge in [0, 0.05) is 25.7 Å². The molecular formula is C20H21FN4O3S. The number of halogens is 1. The van der Waals surface area contributed by atoms with Crippen molar-refractivity contribution >= 4 is 27.7 Å². The Morgan fingerprint density at radius 2 is 1.90 bits per heavy atom. The number of hydrogen-bond donors (Lipinski definition) is 3. The Balaban J connectivity index is 1.83. The fourth-order valence-corrected chi connectivity index (χ4v) is 3.47. The molecule has 2 aromatic rings. The summed E-state index contributed by atoms with van der Waals surface area (Å²) < 4.78 is 39.7. The Morgan fingerprint density at radius 1 is 1.17 bits per heavy atom. The zero-order chi connectivity index (χ0) is 21.3. The molecule has 0 fully saturated rings. The van der Waals surface area contributed by atoms with Gasteiger partial charge in [-0.3, -0.25) is 4.79 Å². The number of nitrogens with zero attached hydrogens (tertiary/aromatic N) is 1. The van der Waals surface area contributed by atoms with Crippen LogP contribution in [0.4, 0.5) is 10.1 Å². The quantitative estimate of drug-likeness (QED) is 0.429. The van der Waals surface area contributed by atoms with Crippen molar-refractivity contribution < 1.29 is 17.6 Å². The fourth-order valence-electron chi connectivity index (χ4n) is 2.43. The third-order valence-electron chi connectivity index (χ3n) is 3.82. The molecule has 152 valence electrons. The predicted octanol–water partition coefficient (Wildman–Crippen LogP) is 2.24. The number of sulfonamides is 1. The molecular weight excluding hydrogens is 395 g/mol. The lowest BCUT2D eigenvalue weighted by atomic mass is 10.2. The molecule has 7 nitrogen and oxygen atoms in total. The third-order valence-corrected chi connectivity index (χ3v) is 5.38. The molecule has 3 N–H and O–H groups in total. The summed E-state index contributed by atoms with van der Waals surface area (Å²) in [4.78, 5) is 12.0. The normalized spacial score (nSPS) is 11.2. The van der Waals surface area contributed by atoms with Crippen LogP contribution in [-0.2, 0) is 14.8 Å². The minimum Gasteiger partial charge on any atom is -0.382 e. The first kappa shape index (κ1) is 22.1. The first-order chi connectivity index (χ1) is 13.9. The van der Waals surface area contributed by atoms with Gasteiger partial charge in [-0.15, -0.1) is 0 Å². The molecule has 0 saturated heterocycles. The minimum absolute atomic E-state index is 0.0710. The van der Waals surface area contributed by atoms with Gasteiger partial charge in [0.15, 0.2) is 0 Å². The third kappa shape index (κ3) is 6.41. The second-order valence-corrected chi connectivity index (χ2v) is 7.66. The van der Waals surface area contributed by atoms with Crippen molar-refractivity contribution in [3.63, 3.8) is 0 Å². The lowest BCUT2D eigenvalue weighted by molar-refractivity contribution is -0.116. The van der Waals surface area contributed by atoms with Gasteiger partial charge in [-0.25, -0.2) is 17.5 Å². The highest BCUT2D eigenvalue weighted by Crippen LogP contribution is 2.17. The number of carbonyl (C=O) groups excluding carboxylic acids is 1. The molecule has 0 unspecified atom stereocenters. The van der Waals surface area contributed by atoms with Gasteiger partial charge in [-0.05, 0) is 35.9 Å². The summed E-state index contributed by atoms with van der Waals surface area (Å²) in [6.45, 7) is 2.58. The summed E-state index contributed by atoms with van der Waals surface area (Å²) in [7, 11) is -3.51. The highest BCUT2D eigenvalue weighted by molar-refractivity contribution is 7.89. The molecule has 0 aromatic heterocycles. The SMILES string of the molecule is CCNS(=O)(=O)c1ccc(C=CC(=O)NCCNc2cccc(F)c2C#N)cc1. The summed E-state index contributed by atoms with van der Waals surface area (Å²) >= 11 is 0. The van der Waals surface area contributed by atoms with E-state index in [1.165, 1.54) is 30.3 Å². The van der Waals surface area contributed by atoms with Crippen LogP contribution < -0.4 is 15.4 Å². The van der Waals surface area contributed by atoms with Crippen molar-refractivity contribution in [2.45, 2.75) is 11.8 Å². The lowest BCUT2D eigenvalue weighted by Gasteiger charge is -2.08. The molecule has 0 bridgehead atoms. The number of anilines is 1. The van der Waals surface area contributed by atoms with Crippen LogP contribution in [0.15, 0.2) is 53.4 Å². The van der Waals surface area contributed by atoms with E-state index in [2.05, 4.69) is 15.4 Å². The molecule has 0 saturated carbocycles. The average molecular weight is 416 g/mol. The van der Waals surface area contributed by atoms with E-state index < -0.39 is 15.8 Å². The lowest BCUT2D eigenvalue weighted by Crippen LogP contribution is -2.27. The predicted molar refractivity (Wildman–Crippen MR) is 109 cm³/mol. The summed E-state index contributed by atoms with van der Waals surface area (Å²) in [5.41, 5.74) is 0.968. The molecule has 0 heterocycles. The second-order valence-electron chi connectivity index (χ2n) is 5.90. The Morgan fingerprint density at radius 3 is 2.55 bits per heavy atom. The van der Waals surface area contributed by atoms with Crippen LogP contribution in [0.5, 0.6) is 0 Å². The minimum atomic E-state index is -3.51. The Bertz CT molecular complexity index is 1030. The van der Waals surface area contributed by atoms with Crippen LogP contribution >= 0.6 is 0 Å². The summed E-state index contributed by atoms with van der Waals surface area (Å²) in [6.07, 6.45) is 2.89. The van der Waals surface area contributed by atoms with Crippen molar-refractivity contribution in [2.24, 2.45) is 0 Å². The van der Waals surface area contributed by atoms with Crippen LogP contribution in [0.25, 0.3) is 6.08 Å². The van der Waals surface area contributed by atoms with Crippen LogP contribution in [0.3, 0.4) is 0 Å². The van der Waals surface area contributed by atoms with Crippen LogP contribution in [0.1, 0.15) is 18.1 Å². The van der Waals surface area contributed by atoms with Gasteiger partial charge < -0.3 is 10.6 Å². The number of amides is 1. The topological polar surface area (TPSA) is 111 Å². The van der Waals surface area contributed by atoms with E-state index in [-0.39, 0.29) is 22.9 Å². The maximum Gasteiger partial charge on any atom is 0.244 e. The van der Waals surface area contributed by atoms with Gasteiger partial charge in [0.25, 0.3) is 0 Å². The van der Waals surface area contributed by atoms with E-state index in [0.29, 0.717) is 24.3 Å². The van der Waals surface area contributed by atoms with E-state index >= 15 is 0 Å². The number of benzene rings is 2. The number of hydrogen-bond acceptors (Lipinski definition) is 5. The molecule has 0 spiro atoms. The van der Waals surface area contributed by atoms with Gasteiger partial charge >= 0.3 is 0 Å². The zero-order valence-corrected chi connectivity index (χ0v) is 16.6.